The number of likely N-dealkylation sites (N-methyl/N-ethyl adjacent to an activating group) is 1. The summed E-state index contributed by atoms with van der Waals surface area (Å²) in [5.41, 5.74) is 3.66. The van der Waals surface area contributed by atoms with Crippen LogP contribution in [0.4, 0.5) is 5.69 Å². The number of amides is 1. The second-order valence-electron chi connectivity index (χ2n) is 6.44. The molecule has 0 aliphatic rings. The number of rotatable bonds is 4. The number of anilines is 1. The van der Waals surface area contributed by atoms with E-state index in [0.29, 0.717) is 16.8 Å². The third kappa shape index (κ3) is 3.79. The van der Waals surface area contributed by atoms with E-state index in [-0.39, 0.29) is 5.91 Å². The van der Waals surface area contributed by atoms with Crippen LogP contribution in [0.3, 0.4) is 0 Å². The standard InChI is InChI=1S/C24H17N3OS/c1-27(22(28)15-14-17-8-3-2-4-9-17)20-12-7-10-18(16-25)23(20)24-26-19-11-5-6-13-21(19)29-24/h2-15H,1H3/b15-14+. The van der Waals surface area contributed by atoms with Gasteiger partial charge >= 0.3 is 0 Å². The fourth-order valence-electron chi connectivity index (χ4n) is 3.08. The molecule has 5 heteroatoms. The molecule has 0 aliphatic carbocycles. The Morgan fingerprint density at radius 3 is 2.55 bits per heavy atom. The number of thiazole rings is 1. The van der Waals surface area contributed by atoms with Crippen molar-refractivity contribution in [2.45, 2.75) is 0 Å². The lowest BCUT2D eigenvalue weighted by atomic mass is 10.1. The topological polar surface area (TPSA) is 57.0 Å². The van der Waals surface area contributed by atoms with Gasteiger partial charge in [-0.25, -0.2) is 4.98 Å². The van der Waals surface area contributed by atoms with Gasteiger partial charge in [0, 0.05) is 13.1 Å². The highest BCUT2D eigenvalue weighted by Gasteiger charge is 2.20. The van der Waals surface area contributed by atoms with Crippen LogP contribution in [-0.2, 0) is 4.79 Å². The smallest absolute Gasteiger partial charge is 0.250 e. The number of fused-ring (bicyclic) bond motifs is 1. The first-order chi connectivity index (χ1) is 14.2. The van der Waals surface area contributed by atoms with Gasteiger partial charge in [0.15, 0.2) is 0 Å². The van der Waals surface area contributed by atoms with Crippen LogP contribution in [0.1, 0.15) is 11.1 Å². The van der Waals surface area contributed by atoms with E-state index in [0.717, 1.165) is 20.8 Å². The predicted molar refractivity (Wildman–Crippen MR) is 119 cm³/mol. The Morgan fingerprint density at radius 2 is 1.79 bits per heavy atom. The predicted octanol–water partition coefficient (Wildman–Crippen LogP) is 5.51. The van der Waals surface area contributed by atoms with Crippen LogP contribution in [0.15, 0.2) is 78.9 Å². The van der Waals surface area contributed by atoms with Crippen molar-refractivity contribution in [3.63, 3.8) is 0 Å². The van der Waals surface area contributed by atoms with Gasteiger partial charge in [-0.1, -0.05) is 48.5 Å². The summed E-state index contributed by atoms with van der Waals surface area (Å²) in [5, 5.41) is 10.4. The molecular formula is C24H17N3OS. The van der Waals surface area contributed by atoms with Crippen molar-refractivity contribution in [2.75, 3.05) is 11.9 Å². The number of aromatic nitrogens is 1. The Balaban J connectivity index is 1.75. The molecule has 4 rings (SSSR count). The highest BCUT2D eigenvalue weighted by Crippen LogP contribution is 2.38. The summed E-state index contributed by atoms with van der Waals surface area (Å²) in [6.45, 7) is 0. The van der Waals surface area contributed by atoms with E-state index in [9.17, 15) is 10.1 Å². The normalized spacial score (nSPS) is 10.9. The van der Waals surface area contributed by atoms with E-state index in [4.69, 9.17) is 4.98 Å². The number of benzene rings is 3. The van der Waals surface area contributed by atoms with Gasteiger partial charge in [-0.2, -0.15) is 5.26 Å². The summed E-state index contributed by atoms with van der Waals surface area (Å²) < 4.78 is 1.04. The van der Waals surface area contributed by atoms with E-state index in [2.05, 4.69) is 6.07 Å². The van der Waals surface area contributed by atoms with Gasteiger partial charge in [-0.05, 0) is 35.9 Å². The lowest BCUT2D eigenvalue weighted by Crippen LogP contribution is -2.24. The number of para-hydroxylation sites is 1. The van der Waals surface area contributed by atoms with Gasteiger partial charge in [-0.3, -0.25) is 4.79 Å². The average molecular weight is 395 g/mol. The molecule has 1 amide bonds. The van der Waals surface area contributed by atoms with Crippen molar-refractivity contribution in [1.82, 2.24) is 4.98 Å². The summed E-state index contributed by atoms with van der Waals surface area (Å²) in [6, 6.07) is 25.1. The first-order valence-corrected chi connectivity index (χ1v) is 9.89. The molecule has 0 saturated carbocycles. The molecular weight excluding hydrogens is 378 g/mol. The van der Waals surface area contributed by atoms with Crippen LogP contribution in [0.2, 0.25) is 0 Å². The van der Waals surface area contributed by atoms with Crippen LogP contribution >= 0.6 is 11.3 Å². The number of carbonyl (C=O) groups excluding carboxylic acids is 1. The van der Waals surface area contributed by atoms with Crippen LogP contribution in [0.5, 0.6) is 0 Å². The SMILES string of the molecule is CN(C(=O)/C=C/c1ccccc1)c1cccc(C#N)c1-c1nc2ccccc2s1. The number of hydrogen-bond donors (Lipinski definition) is 0. The molecule has 0 unspecified atom stereocenters. The number of hydrogen-bond acceptors (Lipinski definition) is 4. The minimum atomic E-state index is -0.175. The van der Waals surface area contributed by atoms with E-state index in [1.54, 1.807) is 30.2 Å². The molecule has 0 aliphatic heterocycles. The lowest BCUT2D eigenvalue weighted by molar-refractivity contribution is -0.113. The zero-order valence-electron chi connectivity index (χ0n) is 15.7. The first-order valence-electron chi connectivity index (χ1n) is 9.07. The average Bonchev–Trinajstić information content (AvgIpc) is 3.21. The Kier molecular flexibility index (Phi) is 5.19. The van der Waals surface area contributed by atoms with Crippen molar-refractivity contribution in [2.24, 2.45) is 0 Å². The monoisotopic (exact) mass is 395 g/mol. The molecule has 140 valence electrons. The van der Waals surface area contributed by atoms with Crippen LogP contribution in [0, 0.1) is 11.3 Å². The largest absolute Gasteiger partial charge is 0.311 e. The van der Waals surface area contributed by atoms with E-state index in [1.807, 2.05) is 60.7 Å². The minimum absolute atomic E-state index is 0.175. The fraction of sp³-hybridized carbons (Fsp3) is 0.0417. The van der Waals surface area contributed by atoms with Gasteiger partial charge in [0.05, 0.1) is 33.1 Å². The summed E-state index contributed by atoms with van der Waals surface area (Å²) in [6.07, 6.45) is 3.32. The number of carbonyl (C=O) groups is 1. The van der Waals surface area contributed by atoms with Crippen molar-refractivity contribution in [3.05, 3.63) is 90.0 Å². The summed E-state index contributed by atoms with van der Waals surface area (Å²) in [4.78, 5) is 19.1. The molecule has 4 aromatic rings. The van der Waals surface area contributed by atoms with Gasteiger partial charge in [-0.15, -0.1) is 11.3 Å². The van der Waals surface area contributed by atoms with Crippen LogP contribution in [-0.4, -0.2) is 17.9 Å². The molecule has 1 aromatic heterocycles. The molecule has 0 radical (unpaired) electrons. The zero-order chi connectivity index (χ0) is 20.2. The second kappa shape index (κ2) is 8.09. The van der Waals surface area contributed by atoms with Crippen LogP contribution < -0.4 is 4.90 Å². The maximum Gasteiger partial charge on any atom is 0.250 e. The van der Waals surface area contributed by atoms with Gasteiger partial charge in [0.2, 0.25) is 0 Å². The molecule has 1 heterocycles. The summed E-state index contributed by atoms with van der Waals surface area (Å²) >= 11 is 1.52. The van der Waals surface area contributed by atoms with Crippen molar-refractivity contribution >= 4 is 39.2 Å². The van der Waals surface area contributed by atoms with Gasteiger partial charge < -0.3 is 4.90 Å². The highest BCUT2D eigenvalue weighted by molar-refractivity contribution is 7.21. The van der Waals surface area contributed by atoms with Crippen LogP contribution in [0.25, 0.3) is 26.9 Å². The molecule has 29 heavy (non-hydrogen) atoms. The Bertz CT molecular complexity index is 1220. The molecule has 3 aromatic carbocycles. The maximum absolute atomic E-state index is 12.8. The third-order valence-corrected chi connectivity index (χ3v) is 5.63. The molecule has 0 bridgehead atoms. The van der Waals surface area contributed by atoms with Gasteiger partial charge in [0.25, 0.3) is 5.91 Å². The summed E-state index contributed by atoms with van der Waals surface area (Å²) in [7, 11) is 1.71. The van der Waals surface area contributed by atoms with E-state index >= 15 is 0 Å². The molecule has 0 N–H and O–H groups in total. The van der Waals surface area contributed by atoms with E-state index < -0.39 is 0 Å². The first kappa shape index (κ1) is 18.6. The lowest BCUT2D eigenvalue weighted by Gasteiger charge is -2.19. The second-order valence-corrected chi connectivity index (χ2v) is 7.47. The quantitative estimate of drug-likeness (QED) is 0.428. The Morgan fingerprint density at radius 1 is 1.03 bits per heavy atom. The molecule has 0 fully saturated rings. The fourth-order valence-corrected chi connectivity index (χ4v) is 4.11. The molecule has 0 saturated heterocycles. The third-order valence-electron chi connectivity index (χ3n) is 4.58. The highest BCUT2D eigenvalue weighted by atomic mass is 32.1. The molecule has 4 nitrogen and oxygen atoms in total. The maximum atomic E-state index is 12.8. The summed E-state index contributed by atoms with van der Waals surface area (Å²) in [5.74, 6) is -0.175. The molecule has 0 atom stereocenters. The number of nitriles is 1. The number of nitrogens with zero attached hydrogens (tertiary/aromatic N) is 3. The van der Waals surface area contributed by atoms with Crippen molar-refractivity contribution in [3.8, 4) is 16.6 Å². The Hall–Kier alpha value is -3.75. The van der Waals surface area contributed by atoms with Crippen molar-refractivity contribution < 1.29 is 4.79 Å². The van der Waals surface area contributed by atoms with Gasteiger partial charge in [0.1, 0.15) is 5.01 Å². The zero-order valence-corrected chi connectivity index (χ0v) is 16.6. The minimum Gasteiger partial charge on any atom is -0.311 e. The molecule has 0 spiro atoms. The van der Waals surface area contributed by atoms with Crippen molar-refractivity contribution in [1.29, 1.82) is 5.26 Å². The van der Waals surface area contributed by atoms with E-state index in [1.165, 1.54) is 17.4 Å². The Labute approximate surface area is 173 Å².